The molecule has 2 rings (SSSR count). The van der Waals surface area contributed by atoms with Crippen molar-refractivity contribution in [2.75, 3.05) is 26.2 Å². The molecule has 1 aliphatic heterocycles. The van der Waals surface area contributed by atoms with Crippen LogP contribution >= 0.6 is 0 Å². The zero-order valence-corrected chi connectivity index (χ0v) is 11.0. The summed E-state index contributed by atoms with van der Waals surface area (Å²) >= 11 is 0. The highest BCUT2D eigenvalue weighted by molar-refractivity contribution is 6.35. The smallest absolute Gasteiger partial charge is 0.311 e. The molecule has 0 atom stereocenters. The Labute approximate surface area is 117 Å². The van der Waals surface area contributed by atoms with Crippen LogP contribution in [0.1, 0.15) is 6.42 Å². The van der Waals surface area contributed by atoms with Gasteiger partial charge in [0.2, 0.25) is 0 Å². The Bertz CT molecular complexity index is 551. The molecule has 0 unspecified atom stereocenters. The summed E-state index contributed by atoms with van der Waals surface area (Å²) in [4.78, 5) is 27.5. The van der Waals surface area contributed by atoms with E-state index in [4.69, 9.17) is 11.3 Å². The van der Waals surface area contributed by atoms with Crippen molar-refractivity contribution in [2.24, 2.45) is 0 Å². The Morgan fingerprint density at radius 1 is 1.40 bits per heavy atom. The Morgan fingerprint density at radius 2 is 2.25 bits per heavy atom. The number of hydrogen-bond acceptors (Lipinski definition) is 3. The van der Waals surface area contributed by atoms with Crippen molar-refractivity contribution in [2.45, 2.75) is 6.42 Å². The molecule has 6 heteroatoms. The lowest BCUT2D eigenvalue weighted by Crippen LogP contribution is -2.52. The summed E-state index contributed by atoms with van der Waals surface area (Å²) in [6.07, 6.45) is 0.640. The fourth-order valence-corrected chi connectivity index (χ4v) is 1.93. The molecule has 0 bridgehead atoms. The number of amides is 2. The Hall–Kier alpha value is -2.55. The number of hydrogen-bond donors (Lipinski definition) is 1. The van der Waals surface area contributed by atoms with E-state index >= 15 is 0 Å². The molecule has 0 saturated carbocycles. The van der Waals surface area contributed by atoms with E-state index in [1.54, 1.807) is 24.3 Å². The molecule has 0 radical (unpaired) electrons. The molecule has 2 amide bonds. The van der Waals surface area contributed by atoms with Gasteiger partial charge in [0.1, 0.15) is 5.75 Å². The second-order valence-corrected chi connectivity index (χ2v) is 4.36. The van der Waals surface area contributed by atoms with Crippen LogP contribution in [0.2, 0.25) is 0 Å². The van der Waals surface area contributed by atoms with Crippen LogP contribution in [0.4, 0.5) is 5.69 Å². The first-order valence-electron chi connectivity index (χ1n) is 6.38. The SMILES string of the molecule is [C-]#[N+]c1cccc(OCCCN2CCNC(=O)C2=O)c1. The first kappa shape index (κ1) is 13.9. The molecule has 1 aliphatic rings. The summed E-state index contributed by atoms with van der Waals surface area (Å²) in [5, 5.41) is 2.50. The largest absolute Gasteiger partial charge is 0.495 e. The van der Waals surface area contributed by atoms with Gasteiger partial charge in [-0.25, -0.2) is 4.85 Å². The van der Waals surface area contributed by atoms with Crippen molar-refractivity contribution < 1.29 is 14.3 Å². The van der Waals surface area contributed by atoms with Gasteiger partial charge in [-0.1, -0.05) is 12.1 Å². The molecule has 20 heavy (non-hydrogen) atoms. The molecule has 1 fully saturated rings. The zero-order chi connectivity index (χ0) is 14.4. The topological polar surface area (TPSA) is 63.0 Å². The van der Waals surface area contributed by atoms with Gasteiger partial charge >= 0.3 is 11.8 Å². The van der Waals surface area contributed by atoms with Gasteiger partial charge in [0.25, 0.3) is 0 Å². The Morgan fingerprint density at radius 3 is 3.05 bits per heavy atom. The second-order valence-electron chi connectivity index (χ2n) is 4.36. The number of piperazine rings is 1. The maximum Gasteiger partial charge on any atom is 0.311 e. The van der Waals surface area contributed by atoms with Gasteiger partial charge in [-0.05, 0) is 18.6 Å². The summed E-state index contributed by atoms with van der Waals surface area (Å²) in [6, 6.07) is 6.94. The third-order valence-corrected chi connectivity index (χ3v) is 2.94. The normalized spacial score (nSPS) is 14.7. The van der Waals surface area contributed by atoms with Crippen molar-refractivity contribution >= 4 is 17.5 Å². The molecule has 1 heterocycles. The number of rotatable bonds is 5. The molecule has 1 aromatic rings. The van der Waals surface area contributed by atoms with E-state index in [0.29, 0.717) is 44.1 Å². The lowest BCUT2D eigenvalue weighted by Gasteiger charge is -2.26. The van der Waals surface area contributed by atoms with Crippen LogP contribution in [-0.2, 0) is 9.59 Å². The Balaban J connectivity index is 1.75. The molecular weight excluding hydrogens is 258 g/mol. The Kier molecular flexibility index (Phi) is 4.56. The molecule has 1 aromatic carbocycles. The highest BCUT2D eigenvalue weighted by Gasteiger charge is 2.25. The van der Waals surface area contributed by atoms with E-state index in [1.807, 2.05) is 0 Å². The van der Waals surface area contributed by atoms with E-state index < -0.39 is 11.8 Å². The molecule has 1 saturated heterocycles. The summed E-state index contributed by atoms with van der Waals surface area (Å²) < 4.78 is 5.52. The van der Waals surface area contributed by atoms with Crippen LogP contribution in [0.3, 0.4) is 0 Å². The monoisotopic (exact) mass is 273 g/mol. The maximum absolute atomic E-state index is 11.5. The highest BCUT2D eigenvalue weighted by atomic mass is 16.5. The average molecular weight is 273 g/mol. The van der Waals surface area contributed by atoms with Crippen LogP contribution in [0.5, 0.6) is 5.75 Å². The number of nitrogens with one attached hydrogen (secondary N) is 1. The van der Waals surface area contributed by atoms with Crippen molar-refractivity contribution in [3.63, 3.8) is 0 Å². The van der Waals surface area contributed by atoms with Crippen LogP contribution in [0, 0.1) is 6.57 Å². The molecule has 104 valence electrons. The van der Waals surface area contributed by atoms with Crippen LogP contribution < -0.4 is 10.1 Å². The molecule has 0 aliphatic carbocycles. The number of nitrogens with zero attached hydrogens (tertiary/aromatic N) is 2. The summed E-state index contributed by atoms with van der Waals surface area (Å²) in [6.45, 7) is 8.89. The summed E-state index contributed by atoms with van der Waals surface area (Å²) in [5.41, 5.74) is 0.533. The standard InChI is InChI=1S/C14H15N3O3/c1-15-11-4-2-5-12(10-11)20-9-3-7-17-8-6-16-13(18)14(17)19/h2,4-5,10H,3,6-9H2,(H,16,18). The van der Waals surface area contributed by atoms with Crippen LogP contribution in [0.15, 0.2) is 24.3 Å². The second kappa shape index (κ2) is 6.57. The van der Waals surface area contributed by atoms with E-state index in [1.165, 1.54) is 4.90 Å². The van der Waals surface area contributed by atoms with Crippen LogP contribution in [-0.4, -0.2) is 43.0 Å². The first-order valence-corrected chi connectivity index (χ1v) is 6.38. The predicted molar refractivity (Wildman–Crippen MR) is 72.4 cm³/mol. The average Bonchev–Trinajstić information content (AvgIpc) is 2.48. The number of carbonyl (C=O) groups excluding carboxylic acids is 2. The zero-order valence-electron chi connectivity index (χ0n) is 11.0. The van der Waals surface area contributed by atoms with Gasteiger partial charge < -0.3 is 15.0 Å². The van der Waals surface area contributed by atoms with Gasteiger partial charge in [-0.3, -0.25) is 9.59 Å². The quantitative estimate of drug-likeness (QED) is 0.494. The third kappa shape index (κ3) is 3.48. The van der Waals surface area contributed by atoms with Gasteiger partial charge in [-0.2, -0.15) is 0 Å². The van der Waals surface area contributed by atoms with Gasteiger partial charge in [0.05, 0.1) is 13.2 Å². The van der Waals surface area contributed by atoms with Gasteiger partial charge in [0, 0.05) is 19.6 Å². The van der Waals surface area contributed by atoms with E-state index in [0.717, 1.165) is 0 Å². The molecule has 6 nitrogen and oxygen atoms in total. The van der Waals surface area contributed by atoms with Crippen molar-refractivity contribution in [3.05, 3.63) is 35.7 Å². The van der Waals surface area contributed by atoms with E-state index in [-0.39, 0.29) is 0 Å². The fourth-order valence-electron chi connectivity index (χ4n) is 1.93. The lowest BCUT2D eigenvalue weighted by atomic mass is 10.3. The minimum Gasteiger partial charge on any atom is -0.495 e. The number of ether oxygens (including phenoxy) is 1. The minimum atomic E-state index is -0.540. The highest BCUT2D eigenvalue weighted by Crippen LogP contribution is 2.19. The molecule has 0 aromatic heterocycles. The minimum absolute atomic E-state index is 0.437. The van der Waals surface area contributed by atoms with Crippen molar-refractivity contribution in [3.8, 4) is 5.75 Å². The van der Waals surface area contributed by atoms with Crippen molar-refractivity contribution in [1.29, 1.82) is 0 Å². The van der Waals surface area contributed by atoms with Crippen molar-refractivity contribution in [1.82, 2.24) is 10.2 Å². The third-order valence-electron chi connectivity index (χ3n) is 2.94. The van der Waals surface area contributed by atoms with Gasteiger partial charge in [-0.15, -0.1) is 0 Å². The lowest BCUT2D eigenvalue weighted by molar-refractivity contribution is -0.148. The number of benzene rings is 1. The fraction of sp³-hybridized carbons (Fsp3) is 0.357. The van der Waals surface area contributed by atoms with Crippen LogP contribution in [0.25, 0.3) is 4.85 Å². The predicted octanol–water partition coefficient (Wildman–Crippen LogP) is 0.965. The molecule has 0 spiro atoms. The number of carbonyl (C=O) groups is 2. The molecule has 1 N–H and O–H groups in total. The van der Waals surface area contributed by atoms with E-state index in [9.17, 15) is 9.59 Å². The molecular formula is C14H15N3O3. The summed E-state index contributed by atoms with van der Waals surface area (Å²) in [7, 11) is 0. The van der Waals surface area contributed by atoms with Gasteiger partial charge in [0.15, 0.2) is 5.69 Å². The first-order chi connectivity index (χ1) is 9.70. The maximum atomic E-state index is 11.5. The van der Waals surface area contributed by atoms with E-state index in [2.05, 4.69) is 10.2 Å². The summed E-state index contributed by atoms with van der Waals surface area (Å²) in [5.74, 6) is -0.380.